The molecule has 1 aromatic carbocycles. The number of likely N-dealkylation sites (N-methyl/N-ethyl adjacent to an activating group) is 1. The van der Waals surface area contributed by atoms with Crippen LogP contribution in [0.1, 0.15) is 18.1 Å². The molecule has 82 valence electrons. The molecule has 0 unspecified atom stereocenters. The van der Waals surface area contributed by atoms with Crippen LogP contribution in [0.15, 0.2) is 24.3 Å². The van der Waals surface area contributed by atoms with Gasteiger partial charge in [-0.2, -0.15) is 0 Å². The van der Waals surface area contributed by atoms with Crippen LogP contribution in [-0.4, -0.2) is 23.0 Å². The Morgan fingerprint density at radius 3 is 2.60 bits per heavy atom. The van der Waals surface area contributed by atoms with Crippen LogP contribution in [0.5, 0.6) is 0 Å². The van der Waals surface area contributed by atoms with Crippen molar-refractivity contribution in [3.63, 3.8) is 0 Å². The molecule has 0 heterocycles. The summed E-state index contributed by atoms with van der Waals surface area (Å²) in [6.07, 6.45) is 0. The molecule has 0 aliphatic heterocycles. The van der Waals surface area contributed by atoms with Crippen molar-refractivity contribution in [2.24, 2.45) is 5.73 Å². The van der Waals surface area contributed by atoms with Crippen LogP contribution < -0.4 is 5.73 Å². The second kappa shape index (κ2) is 5.83. The monoisotopic (exact) mass is 222 g/mol. The van der Waals surface area contributed by atoms with Crippen molar-refractivity contribution in [1.29, 1.82) is 0 Å². The van der Waals surface area contributed by atoms with Gasteiger partial charge in [-0.05, 0) is 24.6 Å². The largest absolute Gasteiger partial charge is 0.392 e. The molecular weight excluding hydrogens is 204 g/mol. The van der Waals surface area contributed by atoms with E-state index in [0.29, 0.717) is 11.5 Å². The summed E-state index contributed by atoms with van der Waals surface area (Å²) in [5, 5.41) is 0. The van der Waals surface area contributed by atoms with Crippen molar-refractivity contribution in [3.8, 4) is 0 Å². The van der Waals surface area contributed by atoms with Crippen LogP contribution in [0.2, 0.25) is 0 Å². The van der Waals surface area contributed by atoms with Crippen molar-refractivity contribution in [2.45, 2.75) is 20.4 Å². The first-order valence-corrected chi connectivity index (χ1v) is 5.59. The first-order chi connectivity index (χ1) is 7.13. The van der Waals surface area contributed by atoms with Crippen LogP contribution in [0.25, 0.3) is 0 Å². The molecule has 0 aliphatic carbocycles. The van der Waals surface area contributed by atoms with Gasteiger partial charge in [0.25, 0.3) is 0 Å². The van der Waals surface area contributed by atoms with Crippen molar-refractivity contribution in [1.82, 2.24) is 4.90 Å². The summed E-state index contributed by atoms with van der Waals surface area (Å²) in [5.74, 6) is 0. The zero-order chi connectivity index (χ0) is 11.3. The molecule has 1 rings (SSSR count). The van der Waals surface area contributed by atoms with Crippen LogP contribution >= 0.6 is 12.2 Å². The third kappa shape index (κ3) is 3.98. The lowest BCUT2D eigenvalue weighted by Crippen LogP contribution is -2.32. The maximum Gasteiger partial charge on any atom is 0.0870 e. The average molecular weight is 222 g/mol. The van der Waals surface area contributed by atoms with Crippen molar-refractivity contribution in [2.75, 3.05) is 13.1 Å². The van der Waals surface area contributed by atoms with E-state index in [4.69, 9.17) is 18.0 Å². The molecule has 3 heteroatoms. The number of benzene rings is 1. The molecule has 1 aromatic rings. The van der Waals surface area contributed by atoms with E-state index in [0.717, 1.165) is 13.1 Å². The summed E-state index contributed by atoms with van der Waals surface area (Å²) in [6, 6.07) is 8.40. The van der Waals surface area contributed by atoms with Gasteiger partial charge in [0.05, 0.1) is 4.99 Å². The number of nitrogens with zero attached hydrogens (tertiary/aromatic N) is 1. The second-order valence-electron chi connectivity index (χ2n) is 3.70. The van der Waals surface area contributed by atoms with Gasteiger partial charge in [-0.15, -0.1) is 0 Å². The SMILES string of the molecule is CCN(CC(N)=S)Cc1ccccc1C. The molecule has 0 spiro atoms. The topological polar surface area (TPSA) is 29.3 Å². The molecule has 0 fully saturated rings. The molecule has 0 bridgehead atoms. The van der Waals surface area contributed by atoms with E-state index in [1.807, 2.05) is 0 Å². The van der Waals surface area contributed by atoms with Gasteiger partial charge in [0.1, 0.15) is 0 Å². The highest BCUT2D eigenvalue weighted by Crippen LogP contribution is 2.09. The fourth-order valence-corrected chi connectivity index (χ4v) is 1.71. The lowest BCUT2D eigenvalue weighted by Gasteiger charge is -2.20. The van der Waals surface area contributed by atoms with Crippen molar-refractivity contribution in [3.05, 3.63) is 35.4 Å². The first-order valence-electron chi connectivity index (χ1n) is 5.18. The molecule has 2 N–H and O–H groups in total. The predicted octanol–water partition coefficient (Wildman–Crippen LogP) is 2.10. The quantitative estimate of drug-likeness (QED) is 0.774. The van der Waals surface area contributed by atoms with Crippen LogP contribution in [0.4, 0.5) is 0 Å². The fraction of sp³-hybridized carbons (Fsp3) is 0.417. The minimum Gasteiger partial charge on any atom is -0.392 e. The van der Waals surface area contributed by atoms with Gasteiger partial charge in [0.2, 0.25) is 0 Å². The lowest BCUT2D eigenvalue weighted by molar-refractivity contribution is 0.320. The van der Waals surface area contributed by atoms with Crippen LogP contribution in [0.3, 0.4) is 0 Å². The van der Waals surface area contributed by atoms with E-state index in [1.54, 1.807) is 0 Å². The summed E-state index contributed by atoms with van der Waals surface area (Å²) in [7, 11) is 0. The Kier molecular flexibility index (Phi) is 4.72. The Morgan fingerprint density at radius 1 is 1.40 bits per heavy atom. The Labute approximate surface area is 97.1 Å². The van der Waals surface area contributed by atoms with Gasteiger partial charge < -0.3 is 5.73 Å². The number of aryl methyl sites for hydroxylation is 1. The van der Waals surface area contributed by atoms with E-state index >= 15 is 0 Å². The highest BCUT2D eigenvalue weighted by atomic mass is 32.1. The Bertz CT molecular complexity index is 336. The molecular formula is C12H18N2S. The molecule has 0 radical (unpaired) electrons. The Balaban J connectivity index is 2.66. The molecule has 0 saturated heterocycles. The van der Waals surface area contributed by atoms with Gasteiger partial charge in [-0.1, -0.05) is 43.4 Å². The number of hydrogen-bond acceptors (Lipinski definition) is 2. The lowest BCUT2D eigenvalue weighted by atomic mass is 10.1. The summed E-state index contributed by atoms with van der Waals surface area (Å²) in [4.78, 5) is 2.80. The number of hydrogen-bond donors (Lipinski definition) is 1. The highest BCUT2D eigenvalue weighted by molar-refractivity contribution is 7.80. The second-order valence-corrected chi connectivity index (χ2v) is 4.22. The molecule has 0 atom stereocenters. The van der Waals surface area contributed by atoms with Crippen molar-refractivity contribution < 1.29 is 0 Å². The van der Waals surface area contributed by atoms with Gasteiger partial charge in [0, 0.05) is 13.1 Å². The average Bonchev–Trinajstić information content (AvgIpc) is 2.19. The zero-order valence-corrected chi connectivity index (χ0v) is 10.2. The Hall–Kier alpha value is -0.930. The summed E-state index contributed by atoms with van der Waals surface area (Å²) in [6.45, 7) is 6.83. The van der Waals surface area contributed by atoms with Crippen LogP contribution in [-0.2, 0) is 6.54 Å². The van der Waals surface area contributed by atoms with E-state index in [9.17, 15) is 0 Å². The zero-order valence-electron chi connectivity index (χ0n) is 9.36. The third-order valence-electron chi connectivity index (χ3n) is 2.48. The first kappa shape index (κ1) is 12.1. The van der Waals surface area contributed by atoms with E-state index < -0.39 is 0 Å². The van der Waals surface area contributed by atoms with Gasteiger partial charge in [-0.3, -0.25) is 4.90 Å². The maximum absolute atomic E-state index is 5.55. The normalized spacial score (nSPS) is 10.6. The van der Waals surface area contributed by atoms with E-state index in [-0.39, 0.29) is 0 Å². The molecule has 15 heavy (non-hydrogen) atoms. The van der Waals surface area contributed by atoms with Gasteiger partial charge in [0.15, 0.2) is 0 Å². The number of rotatable bonds is 5. The third-order valence-corrected chi connectivity index (χ3v) is 2.61. The minimum atomic E-state index is 0.561. The minimum absolute atomic E-state index is 0.561. The molecule has 0 saturated carbocycles. The van der Waals surface area contributed by atoms with E-state index in [1.165, 1.54) is 11.1 Å². The standard InChI is InChI=1S/C12H18N2S/c1-3-14(9-12(13)15)8-11-7-5-4-6-10(11)2/h4-7H,3,8-9H2,1-2H3,(H2,13,15). The molecule has 0 aliphatic rings. The smallest absolute Gasteiger partial charge is 0.0870 e. The van der Waals surface area contributed by atoms with Gasteiger partial charge in [-0.25, -0.2) is 0 Å². The molecule has 2 nitrogen and oxygen atoms in total. The highest BCUT2D eigenvalue weighted by Gasteiger charge is 2.06. The van der Waals surface area contributed by atoms with Crippen LogP contribution in [0, 0.1) is 6.92 Å². The summed E-state index contributed by atoms with van der Waals surface area (Å²) in [5.41, 5.74) is 8.21. The summed E-state index contributed by atoms with van der Waals surface area (Å²) < 4.78 is 0. The maximum atomic E-state index is 5.55. The van der Waals surface area contributed by atoms with Crippen molar-refractivity contribution >= 4 is 17.2 Å². The number of thiocarbonyl (C=S) groups is 1. The molecule has 0 aromatic heterocycles. The number of nitrogens with two attached hydrogens (primary N) is 1. The Morgan fingerprint density at radius 2 is 2.07 bits per heavy atom. The summed E-state index contributed by atoms with van der Waals surface area (Å²) >= 11 is 4.92. The van der Waals surface area contributed by atoms with Gasteiger partial charge >= 0.3 is 0 Å². The predicted molar refractivity (Wildman–Crippen MR) is 68.9 cm³/mol. The fourth-order valence-electron chi connectivity index (χ4n) is 1.53. The van der Waals surface area contributed by atoms with E-state index in [2.05, 4.69) is 43.0 Å². The molecule has 0 amide bonds.